The van der Waals surface area contributed by atoms with Crippen LogP contribution in [0.25, 0.3) is 0 Å². The molecule has 0 spiro atoms. The number of rotatable bonds is 2. The van der Waals surface area contributed by atoms with E-state index in [1.807, 2.05) is 0 Å². The van der Waals surface area contributed by atoms with Gasteiger partial charge in [-0.15, -0.1) is 0 Å². The van der Waals surface area contributed by atoms with Crippen LogP contribution in [0, 0.1) is 11.8 Å². The Kier molecular flexibility index (Phi) is 2.97. The zero-order valence-corrected chi connectivity index (χ0v) is 9.90. The van der Waals surface area contributed by atoms with Crippen LogP contribution < -0.4 is 5.32 Å². The van der Waals surface area contributed by atoms with E-state index in [1.165, 1.54) is 0 Å². The van der Waals surface area contributed by atoms with Crippen molar-refractivity contribution in [3.63, 3.8) is 0 Å². The van der Waals surface area contributed by atoms with Crippen molar-refractivity contribution >= 4 is 0 Å². The van der Waals surface area contributed by atoms with Crippen LogP contribution in [0.4, 0.5) is 13.2 Å². The third-order valence-corrected chi connectivity index (χ3v) is 4.28. The molecule has 1 nitrogen and oxygen atoms in total. The molecule has 94 valence electrons. The summed E-state index contributed by atoms with van der Waals surface area (Å²) < 4.78 is 38.5. The van der Waals surface area contributed by atoms with Crippen molar-refractivity contribution in [2.45, 2.75) is 63.7 Å². The highest BCUT2D eigenvalue weighted by atomic mass is 19.4. The molecule has 1 N–H and O–H groups in total. The van der Waals surface area contributed by atoms with Crippen LogP contribution in [0.2, 0.25) is 0 Å². The van der Waals surface area contributed by atoms with Crippen LogP contribution in [0.1, 0.15) is 46.0 Å². The summed E-state index contributed by atoms with van der Waals surface area (Å²) in [6, 6.07) is 0.0397. The number of halogens is 3. The molecule has 2 atom stereocenters. The van der Waals surface area contributed by atoms with Crippen LogP contribution in [0.3, 0.4) is 0 Å². The lowest BCUT2D eigenvalue weighted by atomic mass is 9.78. The first-order valence-corrected chi connectivity index (χ1v) is 6.20. The van der Waals surface area contributed by atoms with Crippen molar-refractivity contribution in [2.24, 2.45) is 11.8 Å². The fraction of sp³-hybridized carbons (Fsp3) is 1.00. The van der Waals surface area contributed by atoms with Gasteiger partial charge in [-0.1, -0.05) is 20.3 Å². The molecule has 0 aromatic carbocycles. The molecule has 0 aromatic rings. The van der Waals surface area contributed by atoms with Gasteiger partial charge in [0.15, 0.2) is 0 Å². The Balaban J connectivity index is 2.03. The molecule has 2 unspecified atom stereocenters. The van der Waals surface area contributed by atoms with E-state index in [2.05, 4.69) is 19.2 Å². The van der Waals surface area contributed by atoms with Gasteiger partial charge >= 0.3 is 6.18 Å². The summed E-state index contributed by atoms with van der Waals surface area (Å²) in [5, 5.41) is 2.92. The minimum atomic E-state index is -4.08. The summed E-state index contributed by atoms with van der Waals surface area (Å²) in [6.07, 6.45) is -0.311. The van der Waals surface area contributed by atoms with E-state index in [1.54, 1.807) is 0 Å². The third kappa shape index (κ3) is 2.08. The Bertz CT molecular complexity index is 247. The second kappa shape index (κ2) is 3.90. The Labute approximate surface area is 94.8 Å². The fourth-order valence-corrected chi connectivity index (χ4v) is 2.92. The van der Waals surface area contributed by atoms with E-state index in [-0.39, 0.29) is 18.9 Å². The molecular weight excluding hydrogens is 215 g/mol. The van der Waals surface area contributed by atoms with Gasteiger partial charge in [-0.25, -0.2) is 0 Å². The first kappa shape index (κ1) is 12.2. The van der Waals surface area contributed by atoms with Crippen molar-refractivity contribution in [3.05, 3.63) is 0 Å². The number of alkyl halides is 3. The zero-order chi connectivity index (χ0) is 12.0. The van der Waals surface area contributed by atoms with E-state index >= 15 is 0 Å². The Morgan fingerprint density at radius 3 is 1.94 bits per heavy atom. The Hall–Kier alpha value is -0.250. The van der Waals surface area contributed by atoms with Gasteiger partial charge < -0.3 is 5.32 Å². The van der Waals surface area contributed by atoms with Gasteiger partial charge in [0.05, 0.1) is 0 Å². The average molecular weight is 235 g/mol. The van der Waals surface area contributed by atoms with Gasteiger partial charge in [-0.3, -0.25) is 0 Å². The first-order valence-electron chi connectivity index (χ1n) is 6.20. The molecule has 0 amide bonds. The maximum atomic E-state index is 12.8. The zero-order valence-electron chi connectivity index (χ0n) is 9.90. The van der Waals surface area contributed by atoms with Crippen molar-refractivity contribution in [2.75, 3.05) is 0 Å². The smallest absolute Gasteiger partial charge is 0.300 e. The predicted octanol–water partition coefficient (Wildman–Crippen LogP) is 3.50. The van der Waals surface area contributed by atoms with E-state index in [0.717, 1.165) is 19.3 Å². The van der Waals surface area contributed by atoms with Gasteiger partial charge in [0.2, 0.25) is 0 Å². The molecule has 0 aliphatic heterocycles. The van der Waals surface area contributed by atoms with Crippen LogP contribution in [-0.4, -0.2) is 17.8 Å². The molecule has 0 saturated heterocycles. The normalized spacial score (nSPS) is 38.4. The average Bonchev–Trinajstić information content (AvgIpc) is 2.91. The van der Waals surface area contributed by atoms with Gasteiger partial charge in [0.1, 0.15) is 5.54 Å². The molecular formula is C12H20F3N. The molecule has 2 aliphatic rings. The van der Waals surface area contributed by atoms with Crippen molar-refractivity contribution in [3.8, 4) is 0 Å². The van der Waals surface area contributed by atoms with Crippen molar-refractivity contribution in [1.82, 2.24) is 5.32 Å². The second-order valence-corrected chi connectivity index (χ2v) is 5.64. The lowest BCUT2D eigenvalue weighted by Gasteiger charge is -2.38. The third-order valence-electron chi connectivity index (χ3n) is 4.28. The number of hydrogen-bond donors (Lipinski definition) is 1. The molecule has 2 aliphatic carbocycles. The standard InChI is InChI=1S/C12H20F3N/c1-8-4-3-5-9(2)10(8)16-11(6-7-11)12(13,14)15/h8-10,16H,3-7H2,1-2H3. The molecule has 2 rings (SSSR count). The number of nitrogens with one attached hydrogen (secondary N) is 1. The Morgan fingerprint density at radius 1 is 1.06 bits per heavy atom. The van der Waals surface area contributed by atoms with E-state index < -0.39 is 11.7 Å². The molecule has 0 aromatic heterocycles. The highest BCUT2D eigenvalue weighted by molar-refractivity contribution is 5.10. The van der Waals surface area contributed by atoms with Crippen LogP contribution >= 0.6 is 0 Å². The van der Waals surface area contributed by atoms with Crippen LogP contribution in [0.15, 0.2) is 0 Å². The Morgan fingerprint density at radius 2 is 1.56 bits per heavy atom. The van der Waals surface area contributed by atoms with E-state index in [4.69, 9.17) is 0 Å². The van der Waals surface area contributed by atoms with Crippen molar-refractivity contribution < 1.29 is 13.2 Å². The summed E-state index contributed by atoms with van der Waals surface area (Å²) in [6.45, 7) is 4.14. The molecule has 4 heteroatoms. The minimum Gasteiger partial charge on any atom is -0.300 e. The lowest BCUT2D eigenvalue weighted by Crippen LogP contribution is -2.54. The highest BCUT2D eigenvalue weighted by Crippen LogP contribution is 2.50. The maximum absolute atomic E-state index is 12.8. The first-order chi connectivity index (χ1) is 7.36. The van der Waals surface area contributed by atoms with Gasteiger partial charge in [0, 0.05) is 6.04 Å². The number of hydrogen-bond acceptors (Lipinski definition) is 1. The van der Waals surface area contributed by atoms with Crippen LogP contribution in [-0.2, 0) is 0 Å². The summed E-state index contributed by atoms with van der Waals surface area (Å²) >= 11 is 0. The maximum Gasteiger partial charge on any atom is 0.406 e. The molecule has 16 heavy (non-hydrogen) atoms. The topological polar surface area (TPSA) is 12.0 Å². The predicted molar refractivity (Wildman–Crippen MR) is 57.1 cm³/mol. The summed E-state index contributed by atoms with van der Waals surface area (Å²) in [4.78, 5) is 0. The lowest BCUT2D eigenvalue weighted by molar-refractivity contribution is -0.170. The minimum absolute atomic E-state index is 0.0397. The quantitative estimate of drug-likeness (QED) is 0.772. The molecule has 2 fully saturated rings. The summed E-state index contributed by atoms with van der Waals surface area (Å²) in [7, 11) is 0. The van der Waals surface area contributed by atoms with E-state index in [0.29, 0.717) is 11.8 Å². The van der Waals surface area contributed by atoms with Crippen LogP contribution in [0.5, 0.6) is 0 Å². The SMILES string of the molecule is CC1CCCC(C)C1NC1(C(F)(F)F)CC1. The fourth-order valence-electron chi connectivity index (χ4n) is 2.92. The monoisotopic (exact) mass is 235 g/mol. The van der Waals surface area contributed by atoms with Gasteiger partial charge in [-0.2, -0.15) is 13.2 Å². The largest absolute Gasteiger partial charge is 0.406 e. The van der Waals surface area contributed by atoms with E-state index in [9.17, 15) is 13.2 Å². The molecule has 0 bridgehead atoms. The van der Waals surface area contributed by atoms with Gasteiger partial charge in [-0.05, 0) is 37.5 Å². The molecule has 0 radical (unpaired) electrons. The second-order valence-electron chi connectivity index (χ2n) is 5.64. The molecule has 0 heterocycles. The molecule has 2 saturated carbocycles. The van der Waals surface area contributed by atoms with Gasteiger partial charge in [0.25, 0.3) is 0 Å². The summed E-state index contributed by atoms with van der Waals surface area (Å²) in [5.74, 6) is 0.729. The van der Waals surface area contributed by atoms with Crippen molar-refractivity contribution in [1.29, 1.82) is 0 Å². The summed E-state index contributed by atoms with van der Waals surface area (Å²) in [5.41, 5.74) is -1.54. The highest BCUT2D eigenvalue weighted by Gasteiger charge is 2.64.